The van der Waals surface area contributed by atoms with Crippen molar-refractivity contribution in [1.82, 2.24) is 9.62 Å². The first-order chi connectivity index (χ1) is 8.14. The van der Waals surface area contributed by atoms with Crippen LogP contribution in [0.25, 0.3) is 0 Å². The number of hydrogen-bond acceptors (Lipinski definition) is 3. The molecule has 0 saturated carbocycles. The van der Waals surface area contributed by atoms with Crippen LogP contribution in [0.2, 0.25) is 0 Å². The van der Waals surface area contributed by atoms with Gasteiger partial charge in [0.2, 0.25) is 0 Å². The first-order valence-corrected chi connectivity index (χ1v) is 6.54. The van der Waals surface area contributed by atoms with Gasteiger partial charge in [-0.15, -0.1) is 0 Å². The summed E-state index contributed by atoms with van der Waals surface area (Å²) in [5.74, 6) is 0. The number of nitrogens with one attached hydrogen (secondary N) is 2. The molecule has 18 heavy (non-hydrogen) atoms. The second-order valence-corrected chi connectivity index (χ2v) is 5.71. The molecule has 0 aromatic heterocycles. The largest absolute Gasteiger partial charge is 0.418 e. The lowest BCUT2D eigenvalue weighted by atomic mass is 10.4. The SMILES string of the molecule is CN(C)C(NS(=N)(=O)c1ccccc1)C(F)(F)F. The van der Waals surface area contributed by atoms with E-state index < -0.39 is 22.3 Å². The van der Waals surface area contributed by atoms with Crippen LogP contribution in [0.4, 0.5) is 13.2 Å². The molecule has 0 fully saturated rings. The number of halogens is 3. The minimum absolute atomic E-state index is 0.0149. The summed E-state index contributed by atoms with van der Waals surface area (Å²) in [5, 5.41) is 0. The number of hydrogen-bond donors (Lipinski definition) is 2. The van der Waals surface area contributed by atoms with E-state index in [9.17, 15) is 17.4 Å². The van der Waals surface area contributed by atoms with E-state index >= 15 is 0 Å². The van der Waals surface area contributed by atoms with Gasteiger partial charge < -0.3 is 0 Å². The molecule has 1 rings (SSSR count). The number of benzene rings is 1. The van der Waals surface area contributed by atoms with Gasteiger partial charge in [0, 0.05) is 0 Å². The van der Waals surface area contributed by atoms with Gasteiger partial charge in [-0.1, -0.05) is 18.2 Å². The van der Waals surface area contributed by atoms with Gasteiger partial charge in [0.1, 0.15) is 9.92 Å². The van der Waals surface area contributed by atoms with E-state index in [1.807, 2.05) is 4.72 Å². The first-order valence-electron chi connectivity index (χ1n) is 4.99. The third-order valence-electron chi connectivity index (χ3n) is 2.18. The summed E-state index contributed by atoms with van der Waals surface area (Å²) < 4.78 is 59.5. The zero-order valence-electron chi connectivity index (χ0n) is 9.86. The van der Waals surface area contributed by atoms with Crippen LogP contribution in [0.1, 0.15) is 0 Å². The van der Waals surface area contributed by atoms with E-state index in [4.69, 9.17) is 4.78 Å². The summed E-state index contributed by atoms with van der Waals surface area (Å²) in [6.07, 6.45) is -6.75. The summed E-state index contributed by atoms with van der Waals surface area (Å²) in [7, 11) is -1.30. The summed E-state index contributed by atoms with van der Waals surface area (Å²) >= 11 is 0. The summed E-state index contributed by atoms with van der Waals surface area (Å²) in [4.78, 5) is 0.845. The van der Waals surface area contributed by atoms with Gasteiger partial charge in [0.25, 0.3) is 0 Å². The molecule has 0 radical (unpaired) electrons. The molecule has 1 aromatic rings. The normalized spacial score (nSPS) is 17.4. The van der Waals surface area contributed by atoms with Crippen molar-refractivity contribution >= 4 is 9.92 Å². The van der Waals surface area contributed by atoms with Gasteiger partial charge in [-0.2, -0.15) is 13.2 Å². The minimum atomic E-state index is -4.61. The van der Waals surface area contributed by atoms with Gasteiger partial charge in [0.15, 0.2) is 6.17 Å². The van der Waals surface area contributed by atoms with E-state index in [0.29, 0.717) is 0 Å². The molecule has 102 valence electrons. The van der Waals surface area contributed by atoms with Crippen molar-refractivity contribution in [2.24, 2.45) is 0 Å². The molecule has 4 nitrogen and oxygen atoms in total. The van der Waals surface area contributed by atoms with Crippen LogP contribution in [0.15, 0.2) is 35.2 Å². The fourth-order valence-electron chi connectivity index (χ4n) is 1.30. The molecule has 2 unspecified atom stereocenters. The lowest BCUT2D eigenvalue weighted by Crippen LogP contribution is -2.53. The molecule has 0 aliphatic heterocycles. The van der Waals surface area contributed by atoms with Gasteiger partial charge in [-0.3, -0.25) is 4.90 Å². The Bertz CT molecular complexity index is 485. The zero-order valence-corrected chi connectivity index (χ0v) is 10.7. The van der Waals surface area contributed by atoms with Crippen molar-refractivity contribution in [3.05, 3.63) is 30.3 Å². The Morgan fingerprint density at radius 3 is 2.17 bits per heavy atom. The maximum Gasteiger partial charge on any atom is 0.418 e. The van der Waals surface area contributed by atoms with Crippen LogP contribution < -0.4 is 4.72 Å². The summed E-state index contributed by atoms with van der Waals surface area (Å²) in [6, 6.07) is 7.37. The lowest BCUT2D eigenvalue weighted by molar-refractivity contribution is -0.179. The zero-order chi connectivity index (χ0) is 14.0. The molecule has 0 aliphatic carbocycles. The van der Waals surface area contributed by atoms with E-state index in [-0.39, 0.29) is 4.90 Å². The molecule has 0 saturated heterocycles. The molecule has 1 aromatic carbocycles. The topological polar surface area (TPSA) is 56.2 Å². The molecule has 0 spiro atoms. The predicted octanol–water partition coefficient (Wildman–Crippen LogP) is 2.05. The average molecular weight is 281 g/mol. The van der Waals surface area contributed by atoms with Crippen LogP contribution in [-0.2, 0) is 9.92 Å². The average Bonchev–Trinajstić information content (AvgIpc) is 2.25. The fraction of sp³-hybridized carbons (Fsp3) is 0.400. The lowest BCUT2D eigenvalue weighted by Gasteiger charge is -2.28. The first kappa shape index (κ1) is 14.9. The molecular weight excluding hydrogens is 267 g/mol. The molecule has 2 N–H and O–H groups in total. The third-order valence-corrected chi connectivity index (χ3v) is 3.67. The molecule has 0 bridgehead atoms. The van der Waals surface area contributed by atoms with E-state index in [1.54, 1.807) is 6.07 Å². The van der Waals surface area contributed by atoms with Gasteiger partial charge in [0.05, 0.1) is 4.90 Å². The Morgan fingerprint density at radius 2 is 1.78 bits per heavy atom. The highest BCUT2D eigenvalue weighted by atomic mass is 32.2. The molecule has 2 atom stereocenters. The van der Waals surface area contributed by atoms with E-state index in [2.05, 4.69) is 0 Å². The van der Waals surface area contributed by atoms with Gasteiger partial charge in [-0.05, 0) is 26.2 Å². The van der Waals surface area contributed by atoms with Crippen molar-refractivity contribution in [1.29, 1.82) is 4.78 Å². The summed E-state index contributed by atoms with van der Waals surface area (Å²) in [6.45, 7) is 0. The Balaban J connectivity index is 3.02. The van der Waals surface area contributed by atoms with Crippen LogP contribution in [0.3, 0.4) is 0 Å². The minimum Gasteiger partial charge on any atom is -0.286 e. The highest BCUT2D eigenvalue weighted by Gasteiger charge is 2.43. The molecule has 8 heteroatoms. The van der Waals surface area contributed by atoms with Crippen molar-refractivity contribution < 1.29 is 17.4 Å². The standard InChI is InChI=1S/C10H14F3N3OS/c1-16(2)9(10(11,12)13)15-18(14,17)8-6-4-3-5-7-8/h3-7,9H,1-2H3,(H2,14,15,17). The van der Waals surface area contributed by atoms with E-state index in [0.717, 1.165) is 4.90 Å². The summed E-state index contributed by atoms with van der Waals surface area (Å²) in [5.41, 5.74) is 0. The van der Waals surface area contributed by atoms with Crippen molar-refractivity contribution in [3.8, 4) is 0 Å². The molecule has 0 aliphatic rings. The molecule has 0 heterocycles. The van der Waals surface area contributed by atoms with Gasteiger partial charge >= 0.3 is 6.18 Å². The molecule has 0 amide bonds. The van der Waals surface area contributed by atoms with E-state index in [1.165, 1.54) is 38.4 Å². The van der Waals surface area contributed by atoms with Crippen molar-refractivity contribution in [2.45, 2.75) is 17.2 Å². The number of alkyl halides is 3. The van der Waals surface area contributed by atoms with Gasteiger partial charge in [-0.25, -0.2) is 13.7 Å². The second kappa shape index (κ2) is 5.25. The monoisotopic (exact) mass is 281 g/mol. The number of nitrogens with zero attached hydrogens (tertiary/aromatic N) is 1. The Hall–Kier alpha value is -1.12. The van der Waals surface area contributed by atoms with Crippen molar-refractivity contribution in [3.63, 3.8) is 0 Å². The second-order valence-electron chi connectivity index (χ2n) is 3.89. The van der Waals surface area contributed by atoms with Crippen molar-refractivity contribution in [2.75, 3.05) is 14.1 Å². The number of rotatable bonds is 4. The van der Waals surface area contributed by atoms with Crippen LogP contribution in [0, 0.1) is 4.78 Å². The Morgan fingerprint density at radius 1 is 1.28 bits per heavy atom. The molecular formula is C10H14F3N3OS. The predicted molar refractivity (Wildman–Crippen MR) is 62.2 cm³/mol. The highest BCUT2D eigenvalue weighted by molar-refractivity contribution is 7.90. The maximum atomic E-state index is 12.7. The van der Waals surface area contributed by atoms with Crippen LogP contribution >= 0.6 is 0 Å². The van der Waals surface area contributed by atoms with Crippen LogP contribution in [-0.4, -0.2) is 35.5 Å². The highest BCUT2D eigenvalue weighted by Crippen LogP contribution is 2.23. The maximum absolute atomic E-state index is 12.7. The quantitative estimate of drug-likeness (QED) is 0.830. The van der Waals surface area contributed by atoms with Crippen LogP contribution in [0.5, 0.6) is 0 Å². The smallest absolute Gasteiger partial charge is 0.286 e. The Labute approximate surface area is 104 Å². The third kappa shape index (κ3) is 3.69. The fourth-order valence-corrected chi connectivity index (χ4v) is 2.64. The Kier molecular flexibility index (Phi) is 4.36.